The molecule has 0 spiro atoms. The minimum absolute atomic E-state index is 0.0758. The number of hydrogen-bond acceptors (Lipinski definition) is 5. The third kappa shape index (κ3) is 5.99. The van der Waals surface area contributed by atoms with Crippen molar-refractivity contribution in [3.05, 3.63) is 82.0 Å². The predicted molar refractivity (Wildman–Crippen MR) is 122 cm³/mol. The summed E-state index contributed by atoms with van der Waals surface area (Å²) in [6.07, 6.45) is 0.868. The highest BCUT2D eigenvalue weighted by Crippen LogP contribution is 2.34. The van der Waals surface area contributed by atoms with E-state index in [0.717, 1.165) is 29.5 Å². The fraction of sp³-hybridized carbons (Fsp3) is 0.360. The van der Waals surface area contributed by atoms with Crippen molar-refractivity contribution in [3.8, 4) is 10.4 Å². The second-order valence-corrected chi connectivity index (χ2v) is 8.86. The maximum absolute atomic E-state index is 13.2. The van der Waals surface area contributed by atoms with Crippen LogP contribution in [-0.2, 0) is 11.2 Å². The molecule has 1 saturated heterocycles. The number of aliphatic hydroxyl groups is 3. The Labute approximate surface area is 186 Å². The maximum Gasteiger partial charge on any atom is 0.123 e. The van der Waals surface area contributed by atoms with Crippen molar-refractivity contribution in [2.24, 2.45) is 0 Å². The first-order valence-corrected chi connectivity index (χ1v) is 11.2. The van der Waals surface area contributed by atoms with E-state index in [1.54, 1.807) is 23.5 Å². The smallest absolute Gasteiger partial charge is 0.123 e. The number of benzene rings is 2. The number of hydrogen-bond donors (Lipinski definition) is 3. The Kier molecular flexibility index (Phi) is 8.35. The van der Waals surface area contributed by atoms with E-state index in [1.807, 2.05) is 6.07 Å². The summed E-state index contributed by atoms with van der Waals surface area (Å²) < 4.78 is 19.1. The van der Waals surface area contributed by atoms with Gasteiger partial charge in [-0.05, 0) is 53.4 Å². The van der Waals surface area contributed by atoms with Crippen LogP contribution < -0.4 is 0 Å². The third-order valence-corrected chi connectivity index (χ3v) is 6.62. The van der Waals surface area contributed by atoms with Crippen molar-refractivity contribution in [3.63, 3.8) is 0 Å². The van der Waals surface area contributed by atoms with E-state index >= 15 is 0 Å². The molecule has 0 bridgehead atoms. The van der Waals surface area contributed by atoms with E-state index in [0.29, 0.717) is 12.8 Å². The maximum atomic E-state index is 13.2. The van der Waals surface area contributed by atoms with Gasteiger partial charge in [0.15, 0.2) is 0 Å². The van der Waals surface area contributed by atoms with E-state index in [1.165, 1.54) is 28.1 Å². The Morgan fingerprint density at radius 3 is 2.48 bits per heavy atom. The van der Waals surface area contributed by atoms with E-state index in [4.69, 9.17) is 9.84 Å². The summed E-state index contributed by atoms with van der Waals surface area (Å²) in [5.74, 6) is -0.226. The second kappa shape index (κ2) is 11.0. The van der Waals surface area contributed by atoms with Gasteiger partial charge < -0.3 is 20.1 Å². The van der Waals surface area contributed by atoms with Gasteiger partial charge in [0, 0.05) is 36.1 Å². The molecule has 2 heterocycles. The molecule has 2 aromatic carbocycles. The van der Waals surface area contributed by atoms with Gasteiger partial charge in [0.25, 0.3) is 0 Å². The normalized spacial score (nSPS) is 20.8. The summed E-state index contributed by atoms with van der Waals surface area (Å²) in [4.78, 5) is 2.36. The molecule has 0 saturated carbocycles. The van der Waals surface area contributed by atoms with Gasteiger partial charge in [0.05, 0.1) is 24.9 Å². The van der Waals surface area contributed by atoms with Gasteiger partial charge in [-0.3, -0.25) is 0 Å². The van der Waals surface area contributed by atoms with Crippen LogP contribution in [0.5, 0.6) is 0 Å². The minimum Gasteiger partial charge on any atom is -0.400 e. The molecule has 166 valence electrons. The van der Waals surface area contributed by atoms with Gasteiger partial charge in [0.2, 0.25) is 0 Å². The molecule has 3 N–H and O–H groups in total. The fourth-order valence-electron chi connectivity index (χ4n) is 3.83. The van der Waals surface area contributed by atoms with Gasteiger partial charge in [0.1, 0.15) is 5.82 Å². The average Bonchev–Trinajstić information content (AvgIpc) is 3.25. The molecule has 1 aliphatic rings. The summed E-state index contributed by atoms with van der Waals surface area (Å²) >= 11 is 1.71. The average molecular weight is 445 g/mol. The lowest BCUT2D eigenvalue weighted by molar-refractivity contribution is -0.113. The molecular formula is C25H29FO4S. The van der Waals surface area contributed by atoms with Crippen molar-refractivity contribution < 1.29 is 24.4 Å². The molecule has 0 amide bonds. The number of ether oxygens (including phenoxy) is 1. The molecule has 1 aromatic heterocycles. The summed E-state index contributed by atoms with van der Waals surface area (Å²) in [5.41, 5.74) is 4.49. The largest absolute Gasteiger partial charge is 0.400 e. The molecule has 0 aliphatic carbocycles. The van der Waals surface area contributed by atoms with Gasteiger partial charge in [-0.1, -0.05) is 30.3 Å². The lowest BCUT2D eigenvalue weighted by atomic mass is 9.93. The predicted octanol–water partition coefficient (Wildman–Crippen LogP) is 4.64. The molecule has 31 heavy (non-hydrogen) atoms. The van der Waals surface area contributed by atoms with E-state index in [9.17, 15) is 14.6 Å². The lowest BCUT2D eigenvalue weighted by Crippen LogP contribution is -2.33. The van der Waals surface area contributed by atoms with Crippen LogP contribution in [0.1, 0.15) is 40.5 Å². The molecule has 6 heteroatoms. The SMILES string of the molecule is CO.Cc1ccc([C@H]2C[C@@H](O)C[C@@H](CO)O2)cc1Cc1ccc(-c2ccc(F)cc2)s1. The van der Waals surface area contributed by atoms with Crippen molar-refractivity contribution in [2.75, 3.05) is 13.7 Å². The highest BCUT2D eigenvalue weighted by Gasteiger charge is 2.29. The van der Waals surface area contributed by atoms with Crippen LogP contribution in [0, 0.1) is 12.7 Å². The van der Waals surface area contributed by atoms with Crippen LogP contribution in [0.4, 0.5) is 4.39 Å². The summed E-state index contributed by atoms with van der Waals surface area (Å²) in [6, 6.07) is 17.1. The quantitative estimate of drug-likeness (QED) is 0.536. The first-order valence-electron chi connectivity index (χ1n) is 10.3. The van der Waals surface area contributed by atoms with Crippen LogP contribution in [0.3, 0.4) is 0 Å². The molecule has 3 aromatic rings. The number of halogens is 1. The van der Waals surface area contributed by atoms with E-state index in [-0.39, 0.29) is 24.6 Å². The Hall–Kier alpha value is -2.09. The first kappa shape index (κ1) is 23.6. The van der Waals surface area contributed by atoms with Gasteiger partial charge in [-0.2, -0.15) is 0 Å². The first-order chi connectivity index (χ1) is 15.0. The van der Waals surface area contributed by atoms with Gasteiger partial charge in [-0.15, -0.1) is 11.3 Å². The van der Waals surface area contributed by atoms with Crippen molar-refractivity contribution in [1.82, 2.24) is 0 Å². The molecule has 1 fully saturated rings. The van der Waals surface area contributed by atoms with Crippen LogP contribution in [0.15, 0.2) is 54.6 Å². The minimum atomic E-state index is -0.453. The third-order valence-electron chi connectivity index (χ3n) is 5.48. The summed E-state index contributed by atoms with van der Waals surface area (Å²) in [5, 5.41) is 26.5. The Morgan fingerprint density at radius 1 is 1.03 bits per heavy atom. The van der Waals surface area contributed by atoms with Gasteiger partial charge >= 0.3 is 0 Å². The Bertz CT molecular complexity index is 970. The molecule has 4 nitrogen and oxygen atoms in total. The molecule has 0 unspecified atom stereocenters. The molecule has 4 rings (SSSR count). The van der Waals surface area contributed by atoms with Crippen LogP contribution in [0.25, 0.3) is 10.4 Å². The van der Waals surface area contributed by atoms with Crippen molar-refractivity contribution in [1.29, 1.82) is 0 Å². The van der Waals surface area contributed by atoms with Crippen LogP contribution >= 0.6 is 11.3 Å². The zero-order chi connectivity index (χ0) is 22.4. The van der Waals surface area contributed by atoms with E-state index < -0.39 is 6.10 Å². The Balaban J connectivity index is 0.00000132. The lowest BCUT2D eigenvalue weighted by Gasteiger charge is -2.32. The van der Waals surface area contributed by atoms with Crippen LogP contribution in [-0.4, -0.2) is 41.2 Å². The van der Waals surface area contributed by atoms with Gasteiger partial charge in [-0.25, -0.2) is 4.39 Å². The number of aliphatic hydroxyl groups excluding tert-OH is 3. The molecule has 1 aliphatic heterocycles. The molecule has 0 radical (unpaired) electrons. The van der Waals surface area contributed by atoms with Crippen LogP contribution in [0.2, 0.25) is 0 Å². The highest BCUT2D eigenvalue weighted by molar-refractivity contribution is 7.15. The Morgan fingerprint density at radius 2 is 1.77 bits per heavy atom. The van der Waals surface area contributed by atoms with Crippen molar-refractivity contribution >= 4 is 11.3 Å². The summed E-state index contributed by atoms with van der Waals surface area (Å²) in [6.45, 7) is 2.02. The standard InChI is InChI=1S/C24H25FO3S.CH4O/c1-15-2-3-17(23-13-20(27)12-21(14-26)28-23)10-18(15)11-22-8-9-24(29-22)16-4-6-19(25)7-5-16;1-2/h2-10,20-21,23,26-27H,11-14H2,1H3;2H,1H3/t20-,21-,23+;/m0./s1. The topological polar surface area (TPSA) is 69.9 Å². The second-order valence-electron chi connectivity index (χ2n) is 7.69. The highest BCUT2D eigenvalue weighted by atomic mass is 32.1. The fourth-order valence-corrected chi connectivity index (χ4v) is 4.87. The van der Waals surface area contributed by atoms with Crippen molar-refractivity contribution in [2.45, 2.75) is 44.5 Å². The zero-order valence-electron chi connectivity index (χ0n) is 17.8. The molecular weight excluding hydrogens is 415 g/mol. The number of rotatable bonds is 5. The molecule has 3 atom stereocenters. The summed E-state index contributed by atoms with van der Waals surface area (Å²) in [7, 11) is 1.00. The zero-order valence-corrected chi connectivity index (χ0v) is 18.6. The number of aryl methyl sites for hydroxylation is 1. The number of thiophene rings is 1. The monoisotopic (exact) mass is 444 g/mol. The van der Waals surface area contributed by atoms with E-state index in [2.05, 4.69) is 31.2 Å².